The van der Waals surface area contributed by atoms with Gasteiger partial charge in [0.1, 0.15) is 5.69 Å². The standard InChI is InChI=1S/C13H17N3O3/c1-9-3-4-11(16(18)19)10(7-9)15-12(17)13(2)5-6-14-8-13/h3-4,7,14H,5-6,8H2,1-2H3,(H,15,17). The molecule has 19 heavy (non-hydrogen) atoms. The molecule has 1 saturated heterocycles. The van der Waals surface area contributed by atoms with E-state index >= 15 is 0 Å². The molecular formula is C13H17N3O3. The maximum absolute atomic E-state index is 12.2. The molecule has 6 nitrogen and oxygen atoms in total. The number of benzene rings is 1. The topological polar surface area (TPSA) is 84.3 Å². The van der Waals surface area contributed by atoms with Gasteiger partial charge >= 0.3 is 0 Å². The smallest absolute Gasteiger partial charge is 0.292 e. The van der Waals surface area contributed by atoms with Crippen LogP contribution in [0.4, 0.5) is 11.4 Å². The number of carbonyl (C=O) groups excluding carboxylic acids is 1. The van der Waals surface area contributed by atoms with Gasteiger partial charge in [0.2, 0.25) is 5.91 Å². The van der Waals surface area contributed by atoms with Crippen molar-refractivity contribution in [2.24, 2.45) is 5.41 Å². The Hall–Kier alpha value is -1.95. The van der Waals surface area contributed by atoms with Crippen LogP contribution in [-0.4, -0.2) is 23.9 Å². The van der Waals surface area contributed by atoms with Gasteiger partial charge in [0.25, 0.3) is 5.69 Å². The van der Waals surface area contributed by atoms with Crippen LogP contribution in [0.3, 0.4) is 0 Å². The number of nitro benzene ring substituents is 1. The van der Waals surface area contributed by atoms with Gasteiger partial charge in [-0.3, -0.25) is 14.9 Å². The molecule has 1 aromatic rings. The van der Waals surface area contributed by atoms with Crippen LogP contribution in [0.5, 0.6) is 0 Å². The van der Waals surface area contributed by atoms with Crippen molar-refractivity contribution in [2.75, 3.05) is 18.4 Å². The SMILES string of the molecule is Cc1ccc([N+](=O)[O-])c(NC(=O)C2(C)CCNC2)c1. The van der Waals surface area contributed by atoms with Crippen molar-refractivity contribution in [1.82, 2.24) is 5.32 Å². The van der Waals surface area contributed by atoms with Gasteiger partial charge in [-0.25, -0.2) is 0 Å². The number of anilines is 1. The molecule has 1 heterocycles. The van der Waals surface area contributed by atoms with Crippen LogP contribution >= 0.6 is 0 Å². The van der Waals surface area contributed by atoms with E-state index in [0.717, 1.165) is 18.5 Å². The summed E-state index contributed by atoms with van der Waals surface area (Å²) in [5.74, 6) is -0.175. The average Bonchev–Trinajstić information content (AvgIpc) is 2.77. The molecule has 0 aliphatic carbocycles. The first-order chi connectivity index (χ1) is 8.92. The number of aryl methyl sites for hydroxylation is 1. The van der Waals surface area contributed by atoms with Crippen LogP contribution in [0.15, 0.2) is 18.2 Å². The van der Waals surface area contributed by atoms with Crippen LogP contribution in [0, 0.1) is 22.5 Å². The van der Waals surface area contributed by atoms with Gasteiger partial charge in [-0.05, 0) is 38.4 Å². The van der Waals surface area contributed by atoms with E-state index in [1.54, 1.807) is 12.1 Å². The zero-order valence-electron chi connectivity index (χ0n) is 11.0. The minimum Gasteiger partial charge on any atom is -0.320 e. The predicted octanol–water partition coefficient (Wildman–Crippen LogP) is 1.84. The van der Waals surface area contributed by atoms with Crippen molar-refractivity contribution in [1.29, 1.82) is 0 Å². The number of hydrogen-bond donors (Lipinski definition) is 2. The Bertz CT molecular complexity index is 522. The summed E-state index contributed by atoms with van der Waals surface area (Å²) in [6, 6.07) is 4.70. The second kappa shape index (κ2) is 4.97. The lowest BCUT2D eigenvalue weighted by atomic mass is 9.88. The van der Waals surface area contributed by atoms with E-state index in [1.165, 1.54) is 6.07 Å². The summed E-state index contributed by atoms with van der Waals surface area (Å²) < 4.78 is 0. The normalized spacial score (nSPS) is 22.2. The first kappa shape index (κ1) is 13.5. The summed E-state index contributed by atoms with van der Waals surface area (Å²) in [5.41, 5.74) is 0.560. The van der Waals surface area contributed by atoms with Crippen molar-refractivity contribution < 1.29 is 9.72 Å². The molecule has 1 amide bonds. The monoisotopic (exact) mass is 263 g/mol. The number of nitrogens with zero attached hydrogens (tertiary/aromatic N) is 1. The number of nitrogens with one attached hydrogen (secondary N) is 2. The van der Waals surface area contributed by atoms with E-state index < -0.39 is 10.3 Å². The fourth-order valence-corrected chi connectivity index (χ4v) is 2.19. The van der Waals surface area contributed by atoms with Crippen molar-refractivity contribution in [2.45, 2.75) is 20.3 Å². The molecule has 0 aromatic heterocycles. The van der Waals surface area contributed by atoms with E-state index in [0.29, 0.717) is 6.54 Å². The summed E-state index contributed by atoms with van der Waals surface area (Å²) in [6.07, 6.45) is 0.735. The lowest BCUT2D eigenvalue weighted by Gasteiger charge is -2.21. The molecule has 102 valence electrons. The van der Waals surface area contributed by atoms with E-state index in [4.69, 9.17) is 0 Å². The van der Waals surface area contributed by atoms with Crippen molar-refractivity contribution in [3.8, 4) is 0 Å². The van der Waals surface area contributed by atoms with Crippen LogP contribution in [0.25, 0.3) is 0 Å². The van der Waals surface area contributed by atoms with Crippen LogP contribution in [0.2, 0.25) is 0 Å². The van der Waals surface area contributed by atoms with Crippen LogP contribution in [0.1, 0.15) is 18.9 Å². The van der Waals surface area contributed by atoms with E-state index in [1.807, 2.05) is 13.8 Å². The Kier molecular flexibility index (Phi) is 3.53. The maximum Gasteiger partial charge on any atom is 0.292 e. The highest BCUT2D eigenvalue weighted by atomic mass is 16.6. The Labute approximate surface area is 111 Å². The molecule has 2 rings (SSSR count). The van der Waals surface area contributed by atoms with Gasteiger partial charge in [0.05, 0.1) is 10.3 Å². The fourth-order valence-electron chi connectivity index (χ4n) is 2.19. The highest BCUT2D eigenvalue weighted by Gasteiger charge is 2.37. The highest BCUT2D eigenvalue weighted by molar-refractivity contribution is 5.97. The first-order valence-corrected chi connectivity index (χ1v) is 6.20. The summed E-state index contributed by atoms with van der Waals surface area (Å²) >= 11 is 0. The maximum atomic E-state index is 12.2. The fraction of sp³-hybridized carbons (Fsp3) is 0.462. The second-order valence-corrected chi connectivity index (χ2v) is 5.22. The minimum atomic E-state index is -0.502. The summed E-state index contributed by atoms with van der Waals surface area (Å²) in [7, 11) is 0. The van der Waals surface area contributed by atoms with Crippen molar-refractivity contribution in [3.63, 3.8) is 0 Å². The average molecular weight is 263 g/mol. The molecule has 1 aliphatic rings. The molecule has 1 fully saturated rings. The first-order valence-electron chi connectivity index (χ1n) is 6.20. The molecule has 2 N–H and O–H groups in total. The third-order valence-electron chi connectivity index (χ3n) is 3.51. The lowest BCUT2D eigenvalue weighted by Crippen LogP contribution is -2.35. The van der Waals surface area contributed by atoms with E-state index in [2.05, 4.69) is 10.6 Å². The number of carbonyl (C=O) groups is 1. The molecule has 1 atom stereocenters. The van der Waals surface area contributed by atoms with Crippen LogP contribution in [-0.2, 0) is 4.79 Å². The quantitative estimate of drug-likeness (QED) is 0.643. The Balaban J connectivity index is 2.25. The third-order valence-corrected chi connectivity index (χ3v) is 3.51. The number of nitro groups is 1. The van der Waals surface area contributed by atoms with Gasteiger partial charge in [-0.1, -0.05) is 6.07 Å². The van der Waals surface area contributed by atoms with Gasteiger partial charge < -0.3 is 10.6 Å². The van der Waals surface area contributed by atoms with E-state index in [-0.39, 0.29) is 17.3 Å². The number of hydrogen-bond acceptors (Lipinski definition) is 4. The predicted molar refractivity (Wildman–Crippen MR) is 72.1 cm³/mol. The van der Waals surface area contributed by atoms with Gasteiger partial charge in [0, 0.05) is 12.6 Å². The van der Waals surface area contributed by atoms with E-state index in [9.17, 15) is 14.9 Å². The second-order valence-electron chi connectivity index (χ2n) is 5.22. The molecule has 0 spiro atoms. The largest absolute Gasteiger partial charge is 0.320 e. The summed E-state index contributed by atoms with van der Waals surface area (Å²) in [6.45, 7) is 5.08. The van der Waals surface area contributed by atoms with Gasteiger partial charge in [-0.2, -0.15) is 0 Å². The van der Waals surface area contributed by atoms with Gasteiger partial charge in [-0.15, -0.1) is 0 Å². The Morgan fingerprint density at radius 2 is 2.26 bits per heavy atom. The number of amides is 1. The van der Waals surface area contributed by atoms with Crippen LogP contribution < -0.4 is 10.6 Å². The molecule has 0 bridgehead atoms. The zero-order chi connectivity index (χ0) is 14.0. The zero-order valence-corrected chi connectivity index (χ0v) is 11.0. The molecule has 1 aromatic carbocycles. The summed E-state index contributed by atoms with van der Waals surface area (Å²) in [4.78, 5) is 22.7. The molecule has 6 heteroatoms. The number of rotatable bonds is 3. The third kappa shape index (κ3) is 2.73. The molecule has 1 aliphatic heterocycles. The van der Waals surface area contributed by atoms with Crippen molar-refractivity contribution in [3.05, 3.63) is 33.9 Å². The summed E-state index contributed by atoms with van der Waals surface area (Å²) in [5, 5.41) is 16.8. The molecule has 0 saturated carbocycles. The minimum absolute atomic E-state index is 0.0755. The Morgan fingerprint density at radius 3 is 2.84 bits per heavy atom. The Morgan fingerprint density at radius 1 is 1.53 bits per heavy atom. The lowest BCUT2D eigenvalue weighted by molar-refractivity contribution is -0.383. The molecule has 0 radical (unpaired) electrons. The molecular weight excluding hydrogens is 246 g/mol. The van der Waals surface area contributed by atoms with Gasteiger partial charge in [0.15, 0.2) is 0 Å². The molecule has 1 unspecified atom stereocenters. The highest BCUT2D eigenvalue weighted by Crippen LogP contribution is 2.30. The van der Waals surface area contributed by atoms with Crippen molar-refractivity contribution >= 4 is 17.3 Å².